The standard InChI is InChI=1S/C14H12BrFO2/c1-9(17)10-2-5-12(6-3-10)18-14-8-11(15)4-7-13(14)16/h2-9,17H,1H3/t9-/m0/s1. The number of hydrogen-bond donors (Lipinski definition) is 1. The molecule has 94 valence electrons. The van der Waals surface area contributed by atoms with E-state index >= 15 is 0 Å². The number of ether oxygens (including phenoxy) is 1. The van der Waals surface area contributed by atoms with Crippen LogP contribution in [-0.2, 0) is 0 Å². The van der Waals surface area contributed by atoms with E-state index in [1.165, 1.54) is 6.07 Å². The van der Waals surface area contributed by atoms with Gasteiger partial charge in [0.1, 0.15) is 5.75 Å². The van der Waals surface area contributed by atoms with E-state index in [9.17, 15) is 9.50 Å². The Labute approximate surface area is 113 Å². The van der Waals surface area contributed by atoms with Gasteiger partial charge in [-0.05, 0) is 42.8 Å². The van der Waals surface area contributed by atoms with E-state index in [1.54, 1.807) is 43.3 Å². The van der Waals surface area contributed by atoms with E-state index < -0.39 is 11.9 Å². The van der Waals surface area contributed by atoms with Crippen LogP contribution in [0.15, 0.2) is 46.9 Å². The van der Waals surface area contributed by atoms with Gasteiger partial charge >= 0.3 is 0 Å². The van der Waals surface area contributed by atoms with Gasteiger partial charge in [-0.15, -0.1) is 0 Å². The lowest BCUT2D eigenvalue weighted by molar-refractivity contribution is 0.199. The Balaban J connectivity index is 2.21. The van der Waals surface area contributed by atoms with Crippen molar-refractivity contribution in [3.63, 3.8) is 0 Å². The molecule has 0 fully saturated rings. The van der Waals surface area contributed by atoms with Crippen LogP contribution in [0.25, 0.3) is 0 Å². The van der Waals surface area contributed by atoms with E-state index in [0.29, 0.717) is 5.75 Å². The van der Waals surface area contributed by atoms with E-state index in [2.05, 4.69) is 15.9 Å². The summed E-state index contributed by atoms with van der Waals surface area (Å²) in [7, 11) is 0. The minimum absolute atomic E-state index is 0.161. The van der Waals surface area contributed by atoms with Crippen molar-refractivity contribution in [2.24, 2.45) is 0 Å². The summed E-state index contributed by atoms with van der Waals surface area (Å²) in [5.41, 5.74) is 0.789. The monoisotopic (exact) mass is 310 g/mol. The summed E-state index contributed by atoms with van der Waals surface area (Å²) in [5, 5.41) is 9.38. The largest absolute Gasteiger partial charge is 0.454 e. The third-order valence-electron chi connectivity index (χ3n) is 2.48. The molecule has 4 heteroatoms. The van der Waals surface area contributed by atoms with Crippen LogP contribution in [0.1, 0.15) is 18.6 Å². The van der Waals surface area contributed by atoms with Crippen molar-refractivity contribution in [1.29, 1.82) is 0 Å². The number of halogens is 2. The summed E-state index contributed by atoms with van der Waals surface area (Å²) in [6.07, 6.45) is -0.526. The molecule has 0 heterocycles. The zero-order valence-electron chi connectivity index (χ0n) is 9.73. The lowest BCUT2D eigenvalue weighted by Crippen LogP contribution is -1.92. The smallest absolute Gasteiger partial charge is 0.165 e. The van der Waals surface area contributed by atoms with Crippen LogP contribution in [0.2, 0.25) is 0 Å². The molecule has 0 saturated heterocycles. The van der Waals surface area contributed by atoms with Crippen LogP contribution >= 0.6 is 15.9 Å². The van der Waals surface area contributed by atoms with Gasteiger partial charge < -0.3 is 9.84 Å². The van der Waals surface area contributed by atoms with Crippen molar-refractivity contribution in [3.8, 4) is 11.5 Å². The molecule has 2 aromatic rings. The number of aliphatic hydroxyl groups excluding tert-OH is 1. The molecule has 0 spiro atoms. The average Bonchev–Trinajstić information content (AvgIpc) is 2.34. The van der Waals surface area contributed by atoms with Gasteiger partial charge in [-0.3, -0.25) is 0 Å². The minimum Gasteiger partial charge on any atom is -0.454 e. The van der Waals surface area contributed by atoms with Crippen molar-refractivity contribution in [3.05, 3.63) is 58.3 Å². The highest BCUT2D eigenvalue weighted by molar-refractivity contribution is 9.10. The maximum absolute atomic E-state index is 13.5. The molecular formula is C14H12BrFO2. The molecule has 0 aliphatic rings. The maximum Gasteiger partial charge on any atom is 0.165 e. The number of hydrogen-bond acceptors (Lipinski definition) is 2. The molecule has 1 atom stereocenters. The van der Waals surface area contributed by atoms with Crippen molar-refractivity contribution in [2.75, 3.05) is 0 Å². The van der Waals surface area contributed by atoms with Crippen LogP contribution in [0.3, 0.4) is 0 Å². The zero-order chi connectivity index (χ0) is 13.1. The quantitative estimate of drug-likeness (QED) is 0.908. The van der Waals surface area contributed by atoms with Gasteiger partial charge in [-0.1, -0.05) is 28.1 Å². The molecular weight excluding hydrogens is 299 g/mol. The molecule has 2 aromatic carbocycles. The lowest BCUT2D eigenvalue weighted by atomic mass is 10.1. The molecule has 0 unspecified atom stereocenters. The van der Waals surface area contributed by atoms with Crippen molar-refractivity contribution in [2.45, 2.75) is 13.0 Å². The summed E-state index contributed by atoms with van der Waals surface area (Å²) >= 11 is 3.26. The molecule has 0 amide bonds. The third-order valence-corrected chi connectivity index (χ3v) is 2.98. The Kier molecular flexibility index (Phi) is 3.99. The van der Waals surface area contributed by atoms with Gasteiger partial charge in [0, 0.05) is 4.47 Å². The molecule has 2 rings (SSSR count). The number of rotatable bonds is 3. The first-order valence-corrected chi connectivity index (χ1v) is 6.26. The second kappa shape index (κ2) is 5.50. The van der Waals surface area contributed by atoms with Crippen LogP contribution in [-0.4, -0.2) is 5.11 Å². The van der Waals surface area contributed by atoms with E-state index in [-0.39, 0.29) is 5.75 Å². The second-order valence-corrected chi connectivity index (χ2v) is 4.84. The lowest BCUT2D eigenvalue weighted by Gasteiger charge is -2.09. The van der Waals surface area contributed by atoms with Crippen LogP contribution in [0.5, 0.6) is 11.5 Å². The normalized spacial score (nSPS) is 12.2. The molecule has 0 aliphatic carbocycles. The van der Waals surface area contributed by atoms with Gasteiger partial charge in [-0.2, -0.15) is 0 Å². The molecule has 0 radical (unpaired) electrons. The summed E-state index contributed by atoms with van der Waals surface area (Å²) in [5.74, 6) is 0.267. The SMILES string of the molecule is C[C@H](O)c1ccc(Oc2cc(Br)ccc2F)cc1. The highest BCUT2D eigenvalue weighted by atomic mass is 79.9. The molecule has 0 bridgehead atoms. The first-order chi connectivity index (χ1) is 8.56. The fourth-order valence-corrected chi connectivity index (χ4v) is 1.84. The topological polar surface area (TPSA) is 29.5 Å². The second-order valence-electron chi connectivity index (χ2n) is 3.92. The number of benzene rings is 2. The fourth-order valence-electron chi connectivity index (χ4n) is 1.50. The Morgan fingerprint density at radius 2 is 1.83 bits per heavy atom. The zero-order valence-corrected chi connectivity index (χ0v) is 11.3. The van der Waals surface area contributed by atoms with E-state index in [0.717, 1.165) is 10.0 Å². The van der Waals surface area contributed by atoms with Crippen molar-refractivity contribution in [1.82, 2.24) is 0 Å². The van der Waals surface area contributed by atoms with Crippen LogP contribution in [0, 0.1) is 5.82 Å². The average molecular weight is 311 g/mol. The summed E-state index contributed by atoms with van der Waals surface area (Å²) in [6.45, 7) is 1.68. The van der Waals surface area contributed by atoms with Crippen molar-refractivity contribution < 1.29 is 14.2 Å². The molecule has 0 aromatic heterocycles. The van der Waals surface area contributed by atoms with E-state index in [4.69, 9.17) is 4.74 Å². The Morgan fingerprint density at radius 3 is 2.44 bits per heavy atom. The van der Waals surface area contributed by atoms with Gasteiger partial charge in [0.05, 0.1) is 6.10 Å². The molecule has 18 heavy (non-hydrogen) atoms. The van der Waals surface area contributed by atoms with Crippen LogP contribution in [0.4, 0.5) is 4.39 Å². The summed E-state index contributed by atoms with van der Waals surface area (Å²) in [6, 6.07) is 11.4. The fraction of sp³-hybridized carbons (Fsp3) is 0.143. The summed E-state index contributed by atoms with van der Waals surface area (Å²) in [4.78, 5) is 0. The highest BCUT2D eigenvalue weighted by Crippen LogP contribution is 2.28. The van der Waals surface area contributed by atoms with Gasteiger partial charge in [0.15, 0.2) is 11.6 Å². The maximum atomic E-state index is 13.5. The summed E-state index contributed by atoms with van der Waals surface area (Å²) < 4.78 is 19.7. The van der Waals surface area contributed by atoms with Gasteiger partial charge in [0.25, 0.3) is 0 Å². The minimum atomic E-state index is -0.526. The Morgan fingerprint density at radius 1 is 1.17 bits per heavy atom. The van der Waals surface area contributed by atoms with Gasteiger partial charge in [0.2, 0.25) is 0 Å². The molecule has 2 nitrogen and oxygen atoms in total. The first-order valence-electron chi connectivity index (χ1n) is 5.47. The molecule has 0 aliphatic heterocycles. The van der Waals surface area contributed by atoms with Gasteiger partial charge in [-0.25, -0.2) is 4.39 Å². The molecule has 0 saturated carbocycles. The van der Waals surface area contributed by atoms with Crippen LogP contribution < -0.4 is 4.74 Å². The van der Waals surface area contributed by atoms with Crippen molar-refractivity contribution >= 4 is 15.9 Å². The number of aliphatic hydroxyl groups is 1. The molecule has 1 N–H and O–H groups in total. The predicted molar refractivity (Wildman–Crippen MR) is 71.2 cm³/mol. The Bertz CT molecular complexity index is 538. The van der Waals surface area contributed by atoms with E-state index in [1.807, 2.05) is 0 Å². The Hall–Kier alpha value is -1.39. The highest BCUT2D eigenvalue weighted by Gasteiger charge is 2.06. The first kappa shape index (κ1) is 13.1. The predicted octanol–water partition coefficient (Wildman–Crippen LogP) is 4.43. The third kappa shape index (κ3) is 3.09.